The number of piperazine rings is 1. The molecule has 0 aliphatic carbocycles. The molecule has 1 aliphatic rings. The number of para-hydroxylation sites is 1. The fraction of sp³-hybridized carbons (Fsp3) is 0.579. The second kappa shape index (κ2) is 10.6. The van der Waals surface area contributed by atoms with Crippen molar-refractivity contribution in [1.29, 1.82) is 0 Å². The molecule has 0 aromatic heterocycles. The monoisotopic (exact) mass is 378 g/mol. The standard InChI is InChI=1S/C19H30N4O4/c1-4-8-21-19(25)23-10-9-20-15(13-23)11-17(24)22-12-14-6-5-7-16(26-2)18(14)27-3/h5-7,15,20H,4,8-13H2,1-3H3,(H,21,25)(H,22,24). The maximum Gasteiger partial charge on any atom is 0.317 e. The summed E-state index contributed by atoms with van der Waals surface area (Å²) < 4.78 is 10.7. The minimum absolute atomic E-state index is 0.0571. The van der Waals surface area contributed by atoms with Crippen molar-refractivity contribution in [2.45, 2.75) is 32.4 Å². The highest BCUT2D eigenvalue weighted by Crippen LogP contribution is 2.30. The van der Waals surface area contributed by atoms with E-state index >= 15 is 0 Å². The molecule has 150 valence electrons. The van der Waals surface area contributed by atoms with Crippen molar-refractivity contribution in [3.8, 4) is 11.5 Å². The first-order chi connectivity index (χ1) is 13.1. The Bertz CT molecular complexity index is 638. The molecule has 0 spiro atoms. The summed E-state index contributed by atoms with van der Waals surface area (Å²) in [5, 5.41) is 9.10. The van der Waals surface area contributed by atoms with Crippen molar-refractivity contribution in [3.05, 3.63) is 23.8 Å². The minimum Gasteiger partial charge on any atom is -0.493 e. The molecule has 0 radical (unpaired) electrons. The maximum atomic E-state index is 12.3. The van der Waals surface area contributed by atoms with E-state index in [1.54, 1.807) is 19.1 Å². The zero-order valence-electron chi connectivity index (χ0n) is 16.3. The number of rotatable bonds is 8. The van der Waals surface area contributed by atoms with E-state index in [0.29, 0.717) is 50.6 Å². The molecule has 1 saturated heterocycles. The van der Waals surface area contributed by atoms with Gasteiger partial charge in [0.05, 0.1) is 14.2 Å². The Labute approximate surface area is 160 Å². The molecule has 3 N–H and O–H groups in total. The first-order valence-corrected chi connectivity index (χ1v) is 9.31. The Hall–Kier alpha value is -2.48. The molecule has 0 bridgehead atoms. The molecule has 2 rings (SSSR count). The Morgan fingerprint density at radius 3 is 2.78 bits per heavy atom. The highest BCUT2D eigenvalue weighted by molar-refractivity contribution is 5.77. The number of carbonyl (C=O) groups is 2. The number of methoxy groups -OCH3 is 2. The number of carbonyl (C=O) groups excluding carboxylic acids is 2. The summed E-state index contributed by atoms with van der Waals surface area (Å²) in [4.78, 5) is 26.2. The van der Waals surface area contributed by atoms with Crippen molar-refractivity contribution in [1.82, 2.24) is 20.9 Å². The van der Waals surface area contributed by atoms with Crippen LogP contribution in [0.15, 0.2) is 18.2 Å². The summed E-state index contributed by atoms with van der Waals surface area (Å²) in [6.07, 6.45) is 1.21. The zero-order valence-corrected chi connectivity index (χ0v) is 16.3. The van der Waals surface area contributed by atoms with Crippen LogP contribution in [0.4, 0.5) is 4.79 Å². The van der Waals surface area contributed by atoms with Crippen LogP contribution in [0.3, 0.4) is 0 Å². The molecule has 1 aromatic rings. The largest absolute Gasteiger partial charge is 0.493 e. The van der Waals surface area contributed by atoms with Gasteiger partial charge >= 0.3 is 6.03 Å². The average molecular weight is 378 g/mol. The van der Waals surface area contributed by atoms with Gasteiger partial charge in [-0.15, -0.1) is 0 Å². The Morgan fingerprint density at radius 2 is 2.07 bits per heavy atom. The molecule has 1 unspecified atom stereocenters. The van der Waals surface area contributed by atoms with Crippen molar-refractivity contribution in [3.63, 3.8) is 0 Å². The summed E-state index contributed by atoms with van der Waals surface area (Å²) in [6, 6.07) is 5.44. The summed E-state index contributed by atoms with van der Waals surface area (Å²) in [5.41, 5.74) is 0.849. The Morgan fingerprint density at radius 1 is 1.26 bits per heavy atom. The highest BCUT2D eigenvalue weighted by atomic mass is 16.5. The van der Waals surface area contributed by atoms with Gasteiger partial charge in [-0.05, 0) is 12.5 Å². The molecule has 1 atom stereocenters. The molecule has 1 aliphatic heterocycles. The van der Waals surface area contributed by atoms with Gasteiger partial charge in [0.25, 0.3) is 0 Å². The van der Waals surface area contributed by atoms with E-state index in [9.17, 15) is 9.59 Å². The molecule has 1 aromatic carbocycles. The van der Waals surface area contributed by atoms with Crippen molar-refractivity contribution < 1.29 is 19.1 Å². The lowest BCUT2D eigenvalue weighted by Crippen LogP contribution is -2.56. The molecular weight excluding hydrogens is 348 g/mol. The summed E-state index contributed by atoms with van der Waals surface area (Å²) in [6.45, 7) is 4.88. The lowest BCUT2D eigenvalue weighted by Gasteiger charge is -2.33. The third kappa shape index (κ3) is 6.02. The Kier molecular flexibility index (Phi) is 8.19. The van der Waals surface area contributed by atoms with Crippen molar-refractivity contribution >= 4 is 11.9 Å². The third-order valence-corrected chi connectivity index (χ3v) is 4.46. The van der Waals surface area contributed by atoms with Gasteiger partial charge in [0, 0.05) is 50.7 Å². The summed E-state index contributed by atoms with van der Waals surface area (Å²) in [7, 11) is 3.16. The van der Waals surface area contributed by atoms with Crippen LogP contribution in [0.5, 0.6) is 11.5 Å². The first-order valence-electron chi connectivity index (χ1n) is 9.31. The van der Waals surface area contributed by atoms with Gasteiger partial charge < -0.3 is 30.3 Å². The molecule has 1 heterocycles. The molecule has 8 nitrogen and oxygen atoms in total. The highest BCUT2D eigenvalue weighted by Gasteiger charge is 2.24. The van der Waals surface area contributed by atoms with E-state index in [2.05, 4.69) is 16.0 Å². The van der Waals surface area contributed by atoms with Gasteiger partial charge in [-0.3, -0.25) is 4.79 Å². The zero-order chi connectivity index (χ0) is 19.6. The van der Waals surface area contributed by atoms with Crippen LogP contribution < -0.4 is 25.4 Å². The van der Waals surface area contributed by atoms with Crippen LogP contribution in [0.25, 0.3) is 0 Å². The molecular formula is C19H30N4O4. The van der Waals surface area contributed by atoms with Crippen molar-refractivity contribution in [2.24, 2.45) is 0 Å². The number of urea groups is 1. The maximum absolute atomic E-state index is 12.3. The molecule has 27 heavy (non-hydrogen) atoms. The smallest absolute Gasteiger partial charge is 0.317 e. The van der Waals surface area contributed by atoms with E-state index in [1.165, 1.54) is 0 Å². The van der Waals surface area contributed by atoms with Crippen molar-refractivity contribution in [2.75, 3.05) is 40.4 Å². The van der Waals surface area contributed by atoms with Gasteiger partial charge in [-0.2, -0.15) is 0 Å². The van der Waals surface area contributed by atoms with E-state index < -0.39 is 0 Å². The van der Waals surface area contributed by atoms with Gasteiger partial charge in [-0.1, -0.05) is 19.1 Å². The fourth-order valence-electron chi connectivity index (χ4n) is 3.07. The number of hydrogen-bond donors (Lipinski definition) is 3. The van der Waals surface area contributed by atoms with Gasteiger partial charge in [0.2, 0.25) is 5.91 Å². The molecule has 1 fully saturated rings. The van der Waals surface area contributed by atoms with E-state index in [-0.39, 0.29) is 18.0 Å². The second-order valence-corrected chi connectivity index (χ2v) is 6.46. The predicted octanol–water partition coefficient (Wildman–Crippen LogP) is 1.10. The van der Waals surface area contributed by atoms with Crippen LogP contribution in [0.1, 0.15) is 25.3 Å². The number of ether oxygens (including phenoxy) is 2. The van der Waals surface area contributed by atoms with E-state index in [4.69, 9.17) is 9.47 Å². The summed E-state index contributed by atoms with van der Waals surface area (Å²) in [5.74, 6) is 1.18. The van der Waals surface area contributed by atoms with Crippen LogP contribution in [-0.4, -0.2) is 63.3 Å². The lowest BCUT2D eigenvalue weighted by molar-refractivity contribution is -0.121. The molecule has 0 saturated carbocycles. The second-order valence-electron chi connectivity index (χ2n) is 6.46. The third-order valence-electron chi connectivity index (χ3n) is 4.46. The number of benzene rings is 1. The number of nitrogens with zero attached hydrogens (tertiary/aromatic N) is 1. The van der Waals surface area contributed by atoms with Gasteiger partial charge in [-0.25, -0.2) is 4.79 Å². The molecule has 3 amide bonds. The topological polar surface area (TPSA) is 91.9 Å². The van der Waals surface area contributed by atoms with Crippen LogP contribution in [0, 0.1) is 0 Å². The predicted molar refractivity (Wildman–Crippen MR) is 103 cm³/mol. The lowest BCUT2D eigenvalue weighted by atomic mass is 10.1. The van der Waals surface area contributed by atoms with Gasteiger partial charge in [0.1, 0.15) is 0 Å². The summed E-state index contributed by atoms with van der Waals surface area (Å²) >= 11 is 0. The van der Waals surface area contributed by atoms with Crippen LogP contribution >= 0.6 is 0 Å². The fourth-order valence-corrected chi connectivity index (χ4v) is 3.07. The number of nitrogens with one attached hydrogen (secondary N) is 3. The van der Waals surface area contributed by atoms with Crippen LogP contribution in [-0.2, 0) is 11.3 Å². The number of hydrogen-bond acceptors (Lipinski definition) is 5. The van der Waals surface area contributed by atoms with Crippen LogP contribution in [0.2, 0.25) is 0 Å². The van der Waals surface area contributed by atoms with Gasteiger partial charge in [0.15, 0.2) is 11.5 Å². The normalized spacial score (nSPS) is 16.6. The SMILES string of the molecule is CCCNC(=O)N1CCNC(CC(=O)NCc2cccc(OC)c2OC)C1. The molecule has 8 heteroatoms. The quantitative estimate of drug-likeness (QED) is 0.630. The van der Waals surface area contributed by atoms with E-state index in [0.717, 1.165) is 12.0 Å². The first kappa shape index (κ1) is 20.8. The Balaban J connectivity index is 1.84. The number of amides is 3. The average Bonchev–Trinajstić information content (AvgIpc) is 2.70. The minimum atomic E-state index is -0.0758. The van der Waals surface area contributed by atoms with E-state index in [1.807, 2.05) is 25.1 Å².